The minimum absolute atomic E-state index is 0.0128. The summed E-state index contributed by atoms with van der Waals surface area (Å²) in [5, 5.41) is 20.6. The van der Waals surface area contributed by atoms with E-state index in [4.69, 9.17) is 16.3 Å². The van der Waals surface area contributed by atoms with Gasteiger partial charge >= 0.3 is 0 Å². The van der Waals surface area contributed by atoms with E-state index < -0.39 is 22.9 Å². The van der Waals surface area contributed by atoms with Crippen LogP contribution in [0.4, 0.5) is 4.39 Å². The number of fused-ring (bicyclic) bond motifs is 3. The molecule has 1 aromatic carbocycles. The molecule has 9 heteroatoms. The maximum Gasteiger partial charge on any atom is 0.258 e. The number of rotatable bonds is 7. The van der Waals surface area contributed by atoms with Gasteiger partial charge in [0.2, 0.25) is 5.91 Å². The summed E-state index contributed by atoms with van der Waals surface area (Å²) in [6.45, 7) is 5.64. The monoisotopic (exact) mass is 495 g/mol. The van der Waals surface area contributed by atoms with Gasteiger partial charge in [-0.25, -0.2) is 4.39 Å². The van der Waals surface area contributed by atoms with Gasteiger partial charge in [-0.1, -0.05) is 18.5 Å². The molecular formula is C25H35ClFN3O4. The van der Waals surface area contributed by atoms with Gasteiger partial charge in [-0.05, 0) is 69.4 Å². The molecule has 5 rings (SSSR count). The summed E-state index contributed by atoms with van der Waals surface area (Å²) < 4.78 is 19.0. The van der Waals surface area contributed by atoms with Crippen LogP contribution in [-0.4, -0.2) is 54.3 Å². The molecule has 1 heterocycles. The maximum absolute atomic E-state index is 13.6. The van der Waals surface area contributed by atoms with Crippen LogP contribution in [0.2, 0.25) is 5.02 Å². The first-order valence-corrected chi connectivity index (χ1v) is 12.6. The van der Waals surface area contributed by atoms with Crippen molar-refractivity contribution in [3.63, 3.8) is 0 Å². The SMILES string of the molecule is CC1CC(C)C(CNC(=O)C23CCC(NC(=O)COc4ccc(Cl)c(F)c4)(CC2)CC3O)CN1. The Morgan fingerprint density at radius 2 is 2.00 bits per heavy atom. The molecule has 2 amide bonds. The van der Waals surface area contributed by atoms with E-state index in [1.807, 2.05) is 0 Å². The number of piperidine rings is 1. The van der Waals surface area contributed by atoms with Gasteiger partial charge in [-0.3, -0.25) is 9.59 Å². The quantitative estimate of drug-likeness (QED) is 0.466. The number of aliphatic hydroxyl groups excluding tert-OH is 1. The van der Waals surface area contributed by atoms with Crippen molar-refractivity contribution in [1.82, 2.24) is 16.0 Å². The van der Waals surface area contributed by atoms with Crippen LogP contribution in [0, 0.1) is 23.1 Å². The molecule has 4 unspecified atom stereocenters. The fourth-order valence-corrected chi connectivity index (χ4v) is 6.06. The fraction of sp³-hybridized carbons (Fsp3) is 0.680. The summed E-state index contributed by atoms with van der Waals surface area (Å²) >= 11 is 5.67. The van der Waals surface area contributed by atoms with E-state index in [0.29, 0.717) is 56.5 Å². The number of aliphatic hydroxyl groups is 1. The van der Waals surface area contributed by atoms with Gasteiger partial charge in [-0.15, -0.1) is 0 Å². The number of amides is 2. The summed E-state index contributed by atoms with van der Waals surface area (Å²) in [4.78, 5) is 25.7. The zero-order valence-electron chi connectivity index (χ0n) is 19.8. The van der Waals surface area contributed by atoms with Gasteiger partial charge in [0.05, 0.1) is 16.5 Å². The number of carbonyl (C=O) groups is 2. The summed E-state index contributed by atoms with van der Waals surface area (Å²) in [5.74, 6) is 0.112. The molecule has 4 fully saturated rings. The Bertz CT molecular complexity index is 921. The lowest BCUT2D eigenvalue weighted by Gasteiger charge is -2.55. The molecule has 7 nitrogen and oxygen atoms in total. The average molecular weight is 496 g/mol. The fourth-order valence-electron chi connectivity index (χ4n) is 5.94. The number of nitrogens with one attached hydrogen (secondary N) is 3. The van der Waals surface area contributed by atoms with Gasteiger partial charge in [0.15, 0.2) is 6.61 Å². The lowest BCUT2D eigenvalue weighted by Crippen LogP contribution is -2.66. The summed E-state index contributed by atoms with van der Waals surface area (Å²) in [5.41, 5.74) is -1.34. The van der Waals surface area contributed by atoms with Gasteiger partial charge in [0.1, 0.15) is 11.6 Å². The normalized spacial score (nSPS) is 35.0. The van der Waals surface area contributed by atoms with E-state index in [1.54, 1.807) is 0 Å². The summed E-state index contributed by atoms with van der Waals surface area (Å²) in [6, 6.07) is 4.51. The molecule has 3 saturated carbocycles. The second-order valence-corrected chi connectivity index (χ2v) is 11.0. The van der Waals surface area contributed by atoms with Crippen molar-refractivity contribution in [2.24, 2.45) is 17.3 Å². The van der Waals surface area contributed by atoms with Crippen LogP contribution >= 0.6 is 11.6 Å². The first-order valence-electron chi connectivity index (χ1n) is 12.2. The van der Waals surface area contributed by atoms with Crippen molar-refractivity contribution in [3.8, 4) is 5.75 Å². The molecule has 0 aromatic heterocycles. The second kappa shape index (κ2) is 9.99. The number of halogens is 2. The lowest BCUT2D eigenvalue weighted by atomic mass is 9.55. The molecule has 4 N–H and O–H groups in total. The molecule has 4 aliphatic rings. The van der Waals surface area contributed by atoms with Crippen LogP contribution in [0.25, 0.3) is 0 Å². The van der Waals surface area contributed by atoms with E-state index in [-0.39, 0.29) is 29.2 Å². The number of hydrogen-bond acceptors (Lipinski definition) is 5. The third-order valence-electron chi connectivity index (χ3n) is 8.22. The Morgan fingerprint density at radius 1 is 1.26 bits per heavy atom. The van der Waals surface area contributed by atoms with Gasteiger partial charge in [0, 0.05) is 30.7 Å². The predicted octanol–water partition coefficient (Wildman–Crippen LogP) is 2.79. The molecule has 188 valence electrons. The first kappa shape index (κ1) is 25.2. The van der Waals surface area contributed by atoms with Crippen molar-refractivity contribution < 1.29 is 23.8 Å². The van der Waals surface area contributed by atoms with Crippen molar-refractivity contribution in [2.75, 3.05) is 19.7 Å². The van der Waals surface area contributed by atoms with Crippen molar-refractivity contribution in [3.05, 3.63) is 29.0 Å². The molecule has 34 heavy (non-hydrogen) atoms. The van der Waals surface area contributed by atoms with Crippen LogP contribution in [0.15, 0.2) is 18.2 Å². The van der Waals surface area contributed by atoms with Crippen molar-refractivity contribution in [1.29, 1.82) is 0 Å². The Balaban J connectivity index is 1.28. The van der Waals surface area contributed by atoms with Crippen LogP contribution in [0.1, 0.15) is 52.4 Å². The molecule has 4 atom stereocenters. The molecule has 1 aliphatic heterocycles. The molecule has 0 spiro atoms. The number of benzene rings is 1. The molecule has 2 bridgehead atoms. The second-order valence-electron chi connectivity index (χ2n) is 10.6. The van der Waals surface area contributed by atoms with Crippen molar-refractivity contribution >= 4 is 23.4 Å². The van der Waals surface area contributed by atoms with Crippen LogP contribution in [0.5, 0.6) is 5.75 Å². The highest BCUT2D eigenvalue weighted by atomic mass is 35.5. The minimum atomic E-state index is -0.816. The zero-order valence-corrected chi connectivity index (χ0v) is 20.6. The average Bonchev–Trinajstić information content (AvgIpc) is 2.79. The Hall–Kier alpha value is -1.90. The molecule has 1 aromatic rings. The van der Waals surface area contributed by atoms with E-state index >= 15 is 0 Å². The molecule has 3 aliphatic carbocycles. The largest absolute Gasteiger partial charge is 0.484 e. The predicted molar refractivity (Wildman–Crippen MR) is 127 cm³/mol. The molecule has 0 radical (unpaired) electrons. The van der Waals surface area contributed by atoms with Gasteiger partial charge < -0.3 is 25.8 Å². The topological polar surface area (TPSA) is 99.7 Å². The number of carbonyl (C=O) groups excluding carboxylic acids is 2. The Morgan fingerprint density at radius 3 is 2.65 bits per heavy atom. The first-order chi connectivity index (χ1) is 16.1. The summed E-state index contributed by atoms with van der Waals surface area (Å²) in [7, 11) is 0. The van der Waals surface area contributed by atoms with Crippen molar-refractivity contribution in [2.45, 2.75) is 70.1 Å². The lowest BCUT2D eigenvalue weighted by molar-refractivity contribution is -0.156. The highest BCUT2D eigenvalue weighted by Gasteiger charge is 2.58. The Kier molecular flexibility index (Phi) is 7.41. The van der Waals surface area contributed by atoms with E-state index in [1.165, 1.54) is 12.1 Å². The van der Waals surface area contributed by atoms with E-state index in [9.17, 15) is 19.1 Å². The smallest absolute Gasteiger partial charge is 0.258 e. The van der Waals surface area contributed by atoms with E-state index in [2.05, 4.69) is 29.8 Å². The van der Waals surface area contributed by atoms with Crippen LogP contribution < -0.4 is 20.7 Å². The van der Waals surface area contributed by atoms with E-state index in [0.717, 1.165) is 19.0 Å². The standard InChI is InChI=1S/C25H35ClFN3O4/c1-15-9-16(2)28-12-17(15)13-29-23(33)25-7-5-24(6-8-25,11-21(25)31)30-22(32)14-34-18-3-4-19(26)20(27)10-18/h3-4,10,15-17,21,28,31H,5-9,11-14H2,1-2H3,(H,29,33)(H,30,32). The van der Waals surface area contributed by atoms with Gasteiger partial charge in [0.25, 0.3) is 5.91 Å². The maximum atomic E-state index is 13.6. The summed E-state index contributed by atoms with van der Waals surface area (Å²) in [6.07, 6.45) is 2.91. The third kappa shape index (κ3) is 5.19. The highest BCUT2D eigenvalue weighted by molar-refractivity contribution is 6.30. The molecular weight excluding hydrogens is 461 g/mol. The van der Waals surface area contributed by atoms with Crippen LogP contribution in [0.3, 0.4) is 0 Å². The number of hydrogen-bond donors (Lipinski definition) is 4. The highest BCUT2D eigenvalue weighted by Crippen LogP contribution is 2.52. The number of ether oxygens (including phenoxy) is 1. The Labute approximate surface area is 205 Å². The molecule has 1 saturated heterocycles. The zero-order chi connectivity index (χ0) is 24.5. The van der Waals surface area contributed by atoms with Crippen LogP contribution in [-0.2, 0) is 9.59 Å². The van der Waals surface area contributed by atoms with Gasteiger partial charge in [-0.2, -0.15) is 0 Å². The minimum Gasteiger partial charge on any atom is -0.484 e. The third-order valence-corrected chi connectivity index (χ3v) is 8.53.